The molecule has 0 saturated carbocycles. The van der Waals surface area contributed by atoms with Crippen molar-refractivity contribution < 1.29 is 13.2 Å². The van der Waals surface area contributed by atoms with Crippen molar-refractivity contribution in [1.29, 1.82) is 0 Å². The maximum atomic E-state index is 13.5. The van der Waals surface area contributed by atoms with Crippen LogP contribution < -0.4 is 0 Å². The van der Waals surface area contributed by atoms with E-state index in [0.717, 1.165) is 22.4 Å². The van der Waals surface area contributed by atoms with Gasteiger partial charge in [0.2, 0.25) is 15.9 Å². The zero-order valence-electron chi connectivity index (χ0n) is 19.5. The topological polar surface area (TPSA) is 57.7 Å². The van der Waals surface area contributed by atoms with Crippen molar-refractivity contribution >= 4 is 27.3 Å². The molecule has 1 aromatic heterocycles. The van der Waals surface area contributed by atoms with Crippen LogP contribution in [0.5, 0.6) is 0 Å². The Morgan fingerprint density at radius 1 is 0.970 bits per heavy atom. The highest BCUT2D eigenvalue weighted by Gasteiger charge is 2.29. The van der Waals surface area contributed by atoms with Crippen LogP contribution in [-0.4, -0.2) is 36.6 Å². The van der Waals surface area contributed by atoms with Gasteiger partial charge < -0.3 is 4.90 Å². The van der Waals surface area contributed by atoms with Crippen molar-refractivity contribution in [2.45, 2.75) is 45.2 Å². The maximum absolute atomic E-state index is 13.5. The molecule has 1 unspecified atom stereocenters. The molecule has 0 aliphatic carbocycles. The van der Waals surface area contributed by atoms with Gasteiger partial charge in [-0.25, -0.2) is 8.42 Å². The minimum atomic E-state index is -3.80. The van der Waals surface area contributed by atoms with Crippen molar-refractivity contribution in [2.24, 2.45) is 5.92 Å². The third kappa shape index (κ3) is 7.00. The molecule has 3 aromatic rings. The first-order valence-electron chi connectivity index (χ1n) is 11.2. The number of benzene rings is 2. The quantitative estimate of drug-likeness (QED) is 0.370. The fourth-order valence-electron chi connectivity index (χ4n) is 3.46. The lowest BCUT2D eigenvalue weighted by molar-refractivity contribution is -0.132. The molecule has 0 radical (unpaired) electrons. The SMILES string of the molecule is CCC(C)CN(CC(=O)N(Cc1ccccc1)Cc1cccs1)S(=O)(=O)c1ccc(C)cc1. The molecule has 0 bridgehead atoms. The van der Waals surface area contributed by atoms with Gasteiger partial charge in [-0.15, -0.1) is 11.3 Å². The number of carbonyl (C=O) groups is 1. The summed E-state index contributed by atoms with van der Waals surface area (Å²) in [6.45, 7) is 6.96. The summed E-state index contributed by atoms with van der Waals surface area (Å²) >= 11 is 1.59. The average Bonchev–Trinajstić information content (AvgIpc) is 3.32. The Bertz CT molecular complexity index is 1110. The summed E-state index contributed by atoms with van der Waals surface area (Å²) in [6, 6.07) is 20.6. The van der Waals surface area contributed by atoms with Crippen molar-refractivity contribution in [3.63, 3.8) is 0 Å². The Balaban J connectivity index is 1.87. The van der Waals surface area contributed by atoms with Gasteiger partial charge in [0, 0.05) is 18.0 Å². The number of carbonyl (C=O) groups excluding carboxylic acids is 1. The summed E-state index contributed by atoms with van der Waals surface area (Å²) in [7, 11) is -3.80. The number of rotatable bonds is 11. The number of amides is 1. The van der Waals surface area contributed by atoms with Gasteiger partial charge in [0.15, 0.2) is 0 Å². The second-order valence-electron chi connectivity index (χ2n) is 8.44. The molecule has 1 atom stereocenters. The molecule has 0 spiro atoms. The summed E-state index contributed by atoms with van der Waals surface area (Å²) in [5.74, 6) is -0.0656. The van der Waals surface area contributed by atoms with Crippen LogP contribution in [0.4, 0.5) is 0 Å². The van der Waals surface area contributed by atoms with E-state index in [2.05, 4.69) is 0 Å². The molecule has 0 fully saturated rings. The van der Waals surface area contributed by atoms with E-state index >= 15 is 0 Å². The first kappa shape index (κ1) is 25.1. The Kier molecular flexibility index (Phi) is 8.83. The van der Waals surface area contributed by atoms with Gasteiger partial charge in [-0.05, 0) is 42.0 Å². The summed E-state index contributed by atoms with van der Waals surface area (Å²) in [5.41, 5.74) is 2.00. The lowest BCUT2D eigenvalue weighted by Gasteiger charge is -2.28. The van der Waals surface area contributed by atoms with Crippen LogP contribution >= 0.6 is 11.3 Å². The Morgan fingerprint density at radius 3 is 2.27 bits per heavy atom. The van der Waals surface area contributed by atoms with Gasteiger partial charge >= 0.3 is 0 Å². The molecule has 0 saturated heterocycles. The molecular formula is C26H32N2O3S2. The van der Waals surface area contributed by atoms with E-state index in [9.17, 15) is 13.2 Å². The lowest BCUT2D eigenvalue weighted by Crippen LogP contribution is -2.44. The lowest BCUT2D eigenvalue weighted by atomic mass is 10.1. The molecule has 33 heavy (non-hydrogen) atoms. The Morgan fingerprint density at radius 2 is 1.67 bits per heavy atom. The van der Waals surface area contributed by atoms with E-state index < -0.39 is 10.0 Å². The molecule has 3 rings (SSSR count). The highest BCUT2D eigenvalue weighted by Crippen LogP contribution is 2.21. The zero-order chi connectivity index (χ0) is 23.8. The number of nitrogens with zero attached hydrogens (tertiary/aromatic N) is 2. The number of thiophene rings is 1. The normalized spacial score (nSPS) is 12.6. The van der Waals surface area contributed by atoms with E-state index in [1.807, 2.05) is 68.6 Å². The number of aryl methyl sites for hydroxylation is 1. The summed E-state index contributed by atoms with van der Waals surface area (Å²) in [4.78, 5) is 16.5. The summed E-state index contributed by atoms with van der Waals surface area (Å²) in [5, 5.41) is 1.98. The predicted octanol–water partition coefficient (Wildman–Crippen LogP) is 5.32. The summed E-state index contributed by atoms with van der Waals surface area (Å²) in [6.07, 6.45) is 0.830. The number of hydrogen-bond donors (Lipinski definition) is 0. The van der Waals surface area contributed by atoms with Crippen molar-refractivity contribution in [2.75, 3.05) is 13.1 Å². The van der Waals surface area contributed by atoms with Crippen molar-refractivity contribution in [3.05, 3.63) is 88.1 Å². The third-order valence-electron chi connectivity index (χ3n) is 5.68. The largest absolute Gasteiger partial charge is 0.332 e. The Hall–Kier alpha value is -2.48. The highest BCUT2D eigenvalue weighted by molar-refractivity contribution is 7.89. The predicted molar refractivity (Wildman–Crippen MR) is 134 cm³/mol. The fourth-order valence-corrected chi connectivity index (χ4v) is 5.69. The monoisotopic (exact) mass is 484 g/mol. The standard InChI is InChI=1S/C26H32N2O3S2/c1-4-21(2)17-28(33(30,31)25-14-12-22(3)13-15-25)20-26(29)27(19-24-11-8-16-32-24)18-23-9-6-5-7-10-23/h5-16,21H,4,17-20H2,1-3H3. The summed E-state index contributed by atoms with van der Waals surface area (Å²) < 4.78 is 28.3. The van der Waals surface area contributed by atoms with Crippen molar-refractivity contribution in [1.82, 2.24) is 9.21 Å². The van der Waals surface area contributed by atoms with Crippen LogP contribution in [0.3, 0.4) is 0 Å². The minimum Gasteiger partial charge on any atom is -0.332 e. The first-order valence-corrected chi connectivity index (χ1v) is 13.5. The van der Waals surface area contributed by atoms with Gasteiger partial charge in [-0.1, -0.05) is 74.4 Å². The Labute approximate surface area is 201 Å². The molecule has 1 amide bonds. The number of sulfonamides is 1. The van der Waals surface area contributed by atoms with Crippen LogP contribution in [0, 0.1) is 12.8 Å². The van der Waals surface area contributed by atoms with Crippen LogP contribution in [0.1, 0.15) is 36.3 Å². The molecule has 1 heterocycles. The van der Waals surface area contributed by atoms with E-state index in [0.29, 0.717) is 19.6 Å². The van der Waals surface area contributed by atoms with E-state index in [1.54, 1.807) is 40.5 Å². The first-order chi connectivity index (χ1) is 15.8. The molecule has 0 aliphatic rings. The van der Waals surface area contributed by atoms with Gasteiger partial charge in [0.25, 0.3) is 0 Å². The van der Waals surface area contributed by atoms with Crippen LogP contribution in [-0.2, 0) is 27.9 Å². The third-order valence-corrected chi connectivity index (χ3v) is 8.37. The minimum absolute atomic E-state index is 0.137. The van der Waals surface area contributed by atoms with Crippen molar-refractivity contribution in [3.8, 4) is 0 Å². The van der Waals surface area contributed by atoms with Crippen LogP contribution in [0.2, 0.25) is 0 Å². The maximum Gasteiger partial charge on any atom is 0.243 e. The van der Waals surface area contributed by atoms with Gasteiger partial charge in [0.05, 0.1) is 18.0 Å². The molecular weight excluding hydrogens is 452 g/mol. The molecule has 0 aliphatic heterocycles. The fraction of sp³-hybridized carbons (Fsp3) is 0.346. The van der Waals surface area contributed by atoms with Gasteiger partial charge in [0.1, 0.15) is 0 Å². The van der Waals surface area contributed by atoms with Crippen LogP contribution in [0.15, 0.2) is 77.0 Å². The van der Waals surface area contributed by atoms with Gasteiger partial charge in [-0.3, -0.25) is 4.79 Å². The molecule has 2 aromatic carbocycles. The smallest absolute Gasteiger partial charge is 0.243 e. The van der Waals surface area contributed by atoms with E-state index in [4.69, 9.17) is 0 Å². The van der Waals surface area contributed by atoms with E-state index in [1.165, 1.54) is 4.31 Å². The zero-order valence-corrected chi connectivity index (χ0v) is 21.1. The van der Waals surface area contributed by atoms with E-state index in [-0.39, 0.29) is 23.3 Å². The number of hydrogen-bond acceptors (Lipinski definition) is 4. The second kappa shape index (κ2) is 11.6. The van der Waals surface area contributed by atoms with Gasteiger partial charge in [-0.2, -0.15) is 4.31 Å². The highest BCUT2D eigenvalue weighted by atomic mass is 32.2. The molecule has 0 N–H and O–H groups in total. The second-order valence-corrected chi connectivity index (χ2v) is 11.4. The van der Waals surface area contributed by atoms with Crippen LogP contribution in [0.25, 0.3) is 0 Å². The molecule has 176 valence electrons. The molecule has 7 heteroatoms. The average molecular weight is 485 g/mol. The molecule has 5 nitrogen and oxygen atoms in total.